The summed E-state index contributed by atoms with van der Waals surface area (Å²) in [5, 5.41) is 3.11. The average molecular weight is 363 g/mol. The maximum atomic E-state index is 12.3. The highest BCUT2D eigenvalue weighted by atomic mass is 16.5. The van der Waals surface area contributed by atoms with E-state index in [0.717, 1.165) is 22.4 Å². The number of nitrogens with two attached hydrogens (primary N) is 1. The number of carbonyl (C=O) groups excluding carboxylic acids is 1. The van der Waals surface area contributed by atoms with Crippen LogP contribution >= 0.6 is 0 Å². The van der Waals surface area contributed by atoms with Crippen LogP contribution in [0.3, 0.4) is 0 Å². The smallest absolute Gasteiger partial charge is 0.338 e. The molecule has 0 fully saturated rings. The van der Waals surface area contributed by atoms with Crippen molar-refractivity contribution in [3.05, 3.63) is 70.5 Å². The number of anilines is 3. The lowest BCUT2D eigenvalue weighted by molar-refractivity contribution is 0.0461. The molecule has 0 bridgehead atoms. The van der Waals surface area contributed by atoms with Gasteiger partial charge in [-0.05, 0) is 44.0 Å². The Balaban J connectivity index is 1.73. The number of ether oxygens (including phenoxy) is 1. The van der Waals surface area contributed by atoms with Gasteiger partial charge in [-0.2, -0.15) is 15.0 Å². The van der Waals surface area contributed by atoms with Gasteiger partial charge in [0.1, 0.15) is 0 Å². The highest BCUT2D eigenvalue weighted by Gasteiger charge is 2.13. The predicted octanol–water partition coefficient (Wildman–Crippen LogP) is 3.48. The summed E-state index contributed by atoms with van der Waals surface area (Å²) in [4.78, 5) is 24.7. The monoisotopic (exact) mass is 363 g/mol. The Bertz CT molecular complexity index is 988. The lowest BCUT2D eigenvalue weighted by Crippen LogP contribution is -2.12. The van der Waals surface area contributed by atoms with Crippen LogP contribution in [0, 0.1) is 20.8 Å². The molecule has 2 aromatic carbocycles. The Labute approximate surface area is 157 Å². The highest BCUT2D eigenvalue weighted by molar-refractivity contribution is 5.91. The number of rotatable bonds is 5. The zero-order chi connectivity index (χ0) is 19.4. The first-order valence-corrected chi connectivity index (χ1v) is 8.50. The standard InChI is InChI=1S/C20H21N5O2/c1-12-8-9-15(14(3)10-12)18(26)27-11-17-23-19(21)25-20(24-17)22-16-7-5-4-6-13(16)2/h4-10H,11H2,1-3H3,(H3,21,22,23,24,25). The van der Waals surface area contributed by atoms with E-state index >= 15 is 0 Å². The molecular formula is C20H21N5O2. The minimum atomic E-state index is -0.431. The summed E-state index contributed by atoms with van der Waals surface area (Å²) in [7, 11) is 0. The van der Waals surface area contributed by atoms with Gasteiger partial charge in [0.25, 0.3) is 0 Å². The topological polar surface area (TPSA) is 103 Å². The van der Waals surface area contributed by atoms with Gasteiger partial charge < -0.3 is 15.8 Å². The van der Waals surface area contributed by atoms with Gasteiger partial charge in [-0.1, -0.05) is 35.9 Å². The Kier molecular flexibility index (Phi) is 5.30. The van der Waals surface area contributed by atoms with Crippen molar-refractivity contribution in [1.82, 2.24) is 15.0 Å². The number of hydrogen-bond donors (Lipinski definition) is 2. The van der Waals surface area contributed by atoms with Crippen molar-refractivity contribution < 1.29 is 9.53 Å². The zero-order valence-corrected chi connectivity index (χ0v) is 15.5. The van der Waals surface area contributed by atoms with Crippen LogP contribution in [0.4, 0.5) is 17.6 Å². The first kappa shape index (κ1) is 18.3. The van der Waals surface area contributed by atoms with Gasteiger partial charge in [0.05, 0.1) is 5.56 Å². The van der Waals surface area contributed by atoms with Crippen LogP contribution in [0.2, 0.25) is 0 Å². The molecule has 1 aromatic heterocycles. The predicted molar refractivity (Wildman–Crippen MR) is 104 cm³/mol. The van der Waals surface area contributed by atoms with Crippen molar-refractivity contribution >= 4 is 23.6 Å². The molecule has 0 amide bonds. The third-order valence-electron chi connectivity index (χ3n) is 4.02. The summed E-state index contributed by atoms with van der Waals surface area (Å²) < 4.78 is 5.34. The number of aryl methyl sites for hydroxylation is 3. The van der Waals surface area contributed by atoms with Gasteiger partial charge in [-0.3, -0.25) is 0 Å². The Hall–Kier alpha value is -3.48. The van der Waals surface area contributed by atoms with Gasteiger partial charge in [0.2, 0.25) is 11.9 Å². The number of esters is 1. The molecular weight excluding hydrogens is 342 g/mol. The number of carbonyl (C=O) groups is 1. The van der Waals surface area contributed by atoms with Crippen molar-refractivity contribution in [2.24, 2.45) is 0 Å². The summed E-state index contributed by atoms with van der Waals surface area (Å²) in [6.07, 6.45) is 0. The molecule has 0 radical (unpaired) electrons. The molecule has 138 valence electrons. The highest BCUT2D eigenvalue weighted by Crippen LogP contribution is 2.18. The van der Waals surface area contributed by atoms with Crippen LogP contribution in [-0.4, -0.2) is 20.9 Å². The molecule has 1 heterocycles. The van der Waals surface area contributed by atoms with Crippen molar-refractivity contribution in [3.8, 4) is 0 Å². The van der Waals surface area contributed by atoms with E-state index in [-0.39, 0.29) is 18.4 Å². The van der Waals surface area contributed by atoms with Gasteiger partial charge >= 0.3 is 5.97 Å². The molecule has 3 rings (SSSR count). The molecule has 3 N–H and O–H groups in total. The second-order valence-electron chi connectivity index (χ2n) is 6.27. The van der Waals surface area contributed by atoms with Gasteiger partial charge in [-0.25, -0.2) is 4.79 Å². The summed E-state index contributed by atoms with van der Waals surface area (Å²) in [5.74, 6) is 0.199. The van der Waals surface area contributed by atoms with E-state index in [0.29, 0.717) is 11.5 Å². The lowest BCUT2D eigenvalue weighted by atomic mass is 10.1. The second kappa shape index (κ2) is 7.82. The van der Waals surface area contributed by atoms with Crippen molar-refractivity contribution in [1.29, 1.82) is 0 Å². The van der Waals surface area contributed by atoms with E-state index in [9.17, 15) is 4.79 Å². The van der Waals surface area contributed by atoms with Gasteiger partial charge in [0.15, 0.2) is 12.4 Å². The molecule has 0 aliphatic heterocycles. The summed E-state index contributed by atoms with van der Waals surface area (Å²) in [6.45, 7) is 5.72. The fourth-order valence-corrected chi connectivity index (χ4v) is 2.64. The molecule has 0 saturated heterocycles. The quantitative estimate of drug-likeness (QED) is 0.669. The Morgan fingerprint density at radius 2 is 1.81 bits per heavy atom. The molecule has 3 aromatic rings. The lowest BCUT2D eigenvalue weighted by Gasteiger charge is -2.10. The minimum Gasteiger partial charge on any atom is -0.454 e. The molecule has 0 saturated carbocycles. The van der Waals surface area contributed by atoms with Gasteiger partial charge in [-0.15, -0.1) is 0 Å². The fraction of sp³-hybridized carbons (Fsp3) is 0.200. The summed E-state index contributed by atoms with van der Waals surface area (Å²) in [6, 6.07) is 13.3. The van der Waals surface area contributed by atoms with E-state index in [1.165, 1.54) is 0 Å². The summed E-state index contributed by atoms with van der Waals surface area (Å²) >= 11 is 0. The van der Waals surface area contributed by atoms with Crippen LogP contribution in [0.15, 0.2) is 42.5 Å². The van der Waals surface area contributed by atoms with Crippen LogP contribution in [-0.2, 0) is 11.3 Å². The van der Waals surface area contributed by atoms with E-state index in [1.807, 2.05) is 57.2 Å². The normalized spacial score (nSPS) is 10.5. The van der Waals surface area contributed by atoms with E-state index in [1.54, 1.807) is 6.07 Å². The van der Waals surface area contributed by atoms with Crippen molar-refractivity contribution in [2.75, 3.05) is 11.1 Å². The van der Waals surface area contributed by atoms with Crippen molar-refractivity contribution in [2.45, 2.75) is 27.4 Å². The SMILES string of the molecule is Cc1ccc(C(=O)OCc2nc(N)nc(Nc3ccccc3C)n2)c(C)c1. The first-order chi connectivity index (χ1) is 12.9. The Morgan fingerprint density at radius 1 is 1.04 bits per heavy atom. The average Bonchev–Trinajstić information content (AvgIpc) is 2.61. The maximum Gasteiger partial charge on any atom is 0.338 e. The number of para-hydroxylation sites is 1. The van der Waals surface area contributed by atoms with Crippen LogP contribution in [0.1, 0.15) is 32.9 Å². The molecule has 0 spiro atoms. The van der Waals surface area contributed by atoms with Gasteiger partial charge in [0, 0.05) is 5.69 Å². The first-order valence-electron chi connectivity index (χ1n) is 8.50. The third-order valence-corrected chi connectivity index (χ3v) is 4.02. The number of hydrogen-bond acceptors (Lipinski definition) is 7. The molecule has 0 atom stereocenters. The third kappa shape index (κ3) is 4.58. The zero-order valence-electron chi connectivity index (χ0n) is 15.5. The van der Waals surface area contributed by atoms with E-state index < -0.39 is 5.97 Å². The largest absolute Gasteiger partial charge is 0.454 e. The van der Waals surface area contributed by atoms with Crippen molar-refractivity contribution in [3.63, 3.8) is 0 Å². The molecule has 7 nitrogen and oxygen atoms in total. The number of benzene rings is 2. The van der Waals surface area contributed by atoms with Crippen LogP contribution < -0.4 is 11.1 Å². The second-order valence-corrected chi connectivity index (χ2v) is 6.27. The minimum absolute atomic E-state index is 0.0543. The summed E-state index contributed by atoms with van der Waals surface area (Å²) in [5.41, 5.74) is 10.1. The number of nitrogens with one attached hydrogen (secondary N) is 1. The Morgan fingerprint density at radius 3 is 2.56 bits per heavy atom. The fourth-order valence-electron chi connectivity index (χ4n) is 2.64. The molecule has 0 unspecified atom stereocenters. The van der Waals surface area contributed by atoms with E-state index in [2.05, 4.69) is 20.3 Å². The number of nitrogens with zero attached hydrogens (tertiary/aromatic N) is 3. The molecule has 7 heteroatoms. The van der Waals surface area contributed by atoms with Crippen LogP contribution in [0.25, 0.3) is 0 Å². The van der Waals surface area contributed by atoms with E-state index in [4.69, 9.17) is 10.5 Å². The number of nitrogen functional groups attached to an aromatic ring is 1. The molecule has 27 heavy (non-hydrogen) atoms. The number of aromatic nitrogens is 3. The van der Waals surface area contributed by atoms with Crippen LogP contribution in [0.5, 0.6) is 0 Å². The maximum absolute atomic E-state index is 12.3. The molecule has 0 aliphatic rings. The molecule has 0 aliphatic carbocycles.